The molecule has 3 rings (SSSR count). The lowest BCUT2D eigenvalue weighted by atomic mass is 10.1. The minimum Gasteiger partial charge on any atom is -0.387 e. The first-order valence-corrected chi connectivity index (χ1v) is 7.67. The normalized spacial score (nSPS) is 12.3. The Bertz CT molecular complexity index is 829. The molecule has 1 unspecified atom stereocenters. The Hall–Kier alpha value is -2.64. The lowest BCUT2D eigenvalue weighted by Gasteiger charge is -2.13. The van der Waals surface area contributed by atoms with Gasteiger partial charge in [0.25, 0.3) is 0 Å². The number of nitrogens with zero attached hydrogens (tertiary/aromatic N) is 2. The van der Waals surface area contributed by atoms with Crippen molar-refractivity contribution in [2.45, 2.75) is 12.6 Å². The van der Waals surface area contributed by atoms with Crippen LogP contribution in [-0.4, -0.2) is 21.4 Å². The third-order valence-corrected chi connectivity index (χ3v) is 3.73. The highest BCUT2D eigenvalue weighted by atomic mass is 19.1. The molecular formula is C18H16F3N3O. The van der Waals surface area contributed by atoms with Gasteiger partial charge in [-0.2, -0.15) is 5.10 Å². The lowest BCUT2D eigenvalue weighted by Crippen LogP contribution is -2.22. The van der Waals surface area contributed by atoms with Crippen LogP contribution in [0.4, 0.5) is 13.2 Å². The second-order valence-corrected chi connectivity index (χ2v) is 5.55. The zero-order valence-electron chi connectivity index (χ0n) is 13.2. The Balaban J connectivity index is 1.58. The van der Waals surface area contributed by atoms with Crippen molar-refractivity contribution >= 4 is 0 Å². The van der Waals surface area contributed by atoms with Crippen molar-refractivity contribution in [3.05, 3.63) is 83.4 Å². The van der Waals surface area contributed by atoms with Gasteiger partial charge in [0.05, 0.1) is 23.6 Å². The Kier molecular flexibility index (Phi) is 5.16. The number of aliphatic hydroxyl groups excluding tert-OH is 1. The Morgan fingerprint density at radius 1 is 1.04 bits per heavy atom. The van der Waals surface area contributed by atoms with Gasteiger partial charge in [-0.05, 0) is 36.4 Å². The number of benzene rings is 2. The molecule has 0 aliphatic carbocycles. The van der Waals surface area contributed by atoms with Gasteiger partial charge in [-0.25, -0.2) is 17.9 Å². The van der Waals surface area contributed by atoms with E-state index in [1.165, 1.54) is 18.2 Å². The van der Waals surface area contributed by atoms with Gasteiger partial charge in [-0.15, -0.1) is 0 Å². The van der Waals surface area contributed by atoms with Crippen LogP contribution < -0.4 is 5.32 Å². The molecular weight excluding hydrogens is 331 g/mol. The Morgan fingerprint density at radius 2 is 1.72 bits per heavy atom. The van der Waals surface area contributed by atoms with Crippen molar-refractivity contribution in [2.24, 2.45) is 0 Å². The summed E-state index contributed by atoms with van der Waals surface area (Å²) >= 11 is 0. The summed E-state index contributed by atoms with van der Waals surface area (Å²) in [6.07, 6.45) is 2.07. The van der Waals surface area contributed by atoms with Gasteiger partial charge in [0.2, 0.25) is 0 Å². The first kappa shape index (κ1) is 17.2. The van der Waals surface area contributed by atoms with Crippen molar-refractivity contribution in [2.75, 3.05) is 6.54 Å². The van der Waals surface area contributed by atoms with E-state index in [9.17, 15) is 18.3 Å². The van der Waals surface area contributed by atoms with Crippen LogP contribution in [0.5, 0.6) is 0 Å². The quantitative estimate of drug-likeness (QED) is 0.720. The van der Waals surface area contributed by atoms with Crippen LogP contribution in [0.15, 0.2) is 54.9 Å². The van der Waals surface area contributed by atoms with Crippen molar-refractivity contribution in [1.29, 1.82) is 0 Å². The molecule has 130 valence electrons. The summed E-state index contributed by atoms with van der Waals surface area (Å²) in [5.74, 6) is -1.89. The third kappa shape index (κ3) is 4.07. The number of hydrogen-bond donors (Lipinski definition) is 2. The maximum absolute atomic E-state index is 13.6. The number of nitrogens with one attached hydrogen (secondary N) is 1. The summed E-state index contributed by atoms with van der Waals surface area (Å²) in [5, 5.41) is 17.1. The van der Waals surface area contributed by atoms with Crippen molar-refractivity contribution in [3.63, 3.8) is 0 Å². The van der Waals surface area contributed by atoms with Gasteiger partial charge in [0.15, 0.2) is 0 Å². The van der Waals surface area contributed by atoms with Crippen LogP contribution in [-0.2, 0) is 6.54 Å². The van der Waals surface area contributed by atoms with E-state index >= 15 is 0 Å². The van der Waals surface area contributed by atoms with Crippen molar-refractivity contribution in [1.82, 2.24) is 15.1 Å². The molecule has 0 bridgehead atoms. The molecule has 0 radical (unpaired) electrons. The standard InChI is InChI=1S/C18H16F3N3O/c19-13-4-6-14(7-5-13)24-11-12(9-23-24)8-22-10-17(25)18-15(20)2-1-3-16(18)21/h1-7,9,11,17,22,25H,8,10H2. The van der Waals surface area contributed by atoms with Crippen LogP contribution in [0.2, 0.25) is 0 Å². The van der Waals surface area contributed by atoms with Gasteiger partial charge in [-0.1, -0.05) is 6.07 Å². The summed E-state index contributed by atoms with van der Waals surface area (Å²) < 4.78 is 41.7. The first-order valence-electron chi connectivity index (χ1n) is 7.67. The molecule has 2 N–H and O–H groups in total. The highest BCUT2D eigenvalue weighted by Crippen LogP contribution is 2.20. The summed E-state index contributed by atoms with van der Waals surface area (Å²) in [7, 11) is 0. The van der Waals surface area contributed by atoms with Crippen molar-refractivity contribution < 1.29 is 18.3 Å². The average molecular weight is 347 g/mol. The topological polar surface area (TPSA) is 50.1 Å². The van der Waals surface area contributed by atoms with Gasteiger partial charge < -0.3 is 10.4 Å². The van der Waals surface area contributed by atoms with E-state index in [0.717, 1.165) is 17.7 Å². The monoisotopic (exact) mass is 347 g/mol. The van der Waals surface area contributed by atoms with E-state index in [1.54, 1.807) is 29.2 Å². The van der Waals surface area contributed by atoms with Gasteiger partial charge in [0.1, 0.15) is 17.5 Å². The Labute approximate surface area is 142 Å². The lowest BCUT2D eigenvalue weighted by molar-refractivity contribution is 0.164. The molecule has 3 aromatic rings. The molecule has 0 aliphatic rings. The van der Waals surface area contributed by atoms with E-state index in [4.69, 9.17) is 0 Å². The van der Waals surface area contributed by atoms with E-state index in [0.29, 0.717) is 12.2 Å². The number of aliphatic hydroxyl groups is 1. The minimum absolute atomic E-state index is 0.0143. The molecule has 1 aromatic heterocycles. The van der Waals surface area contributed by atoms with Gasteiger partial charge in [0, 0.05) is 24.8 Å². The molecule has 25 heavy (non-hydrogen) atoms. The van der Waals surface area contributed by atoms with E-state index in [2.05, 4.69) is 10.4 Å². The minimum atomic E-state index is -1.30. The maximum atomic E-state index is 13.6. The predicted octanol–water partition coefficient (Wildman–Crippen LogP) is 3.11. The average Bonchev–Trinajstić information content (AvgIpc) is 3.04. The first-order chi connectivity index (χ1) is 12.0. The summed E-state index contributed by atoms with van der Waals surface area (Å²) in [4.78, 5) is 0. The maximum Gasteiger partial charge on any atom is 0.131 e. The zero-order chi connectivity index (χ0) is 17.8. The van der Waals surface area contributed by atoms with Crippen LogP contribution in [0.1, 0.15) is 17.2 Å². The highest BCUT2D eigenvalue weighted by molar-refractivity contribution is 5.31. The molecule has 1 heterocycles. The molecule has 0 aliphatic heterocycles. The SMILES string of the molecule is OC(CNCc1cnn(-c2ccc(F)cc2)c1)c1c(F)cccc1F. The molecule has 1 atom stereocenters. The molecule has 0 saturated heterocycles. The molecule has 7 heteroatoms. The van der Waals surface area contributed by atoms with Crippen LogP contribution in [0.3, 0.4) is 0 Å². The number of rotatable bonds is 6. The third-order valence-electron chi connectivity index (χ3n) is 3.73. The van der Waals surface area contributed by atoms with Crippen LogP contribution >= 0.6 is 0 Å². The van der Waals surface area contributed by atoms with Crippen molar-refractivity contribution in [3.8, 4) is 5.69 Å². The van der Waals surface area contributed by atoms with Crippen LogP contribution in [0, 0.1) is 17.5 Å². The fraction of sp³-hybridized carbons (Fsp3) is 0.167. The predicted molar refractivity (Wildman–Crippen MR) is 86.5 cm³/mol. The zero-order valence-corrected chi connectivity index (χ0v) is 13.2. The number of aromatic nitrogens is 2. The summed E-state index contributed by atoms with van der Waals surface area (Å²) in [6.45, 7) is 0.341. The van der Waals surface area contributed by atoms with Gasteiger partial charge >= 0.3 is 0 Å². The van der Waals surface area contributed by atoms with Gasteiger partial charge in [-0.3, -0.25) is 0 Å². The Morgan fingerprint density at radius 3 is 2.40 bits per heavy atom. The largest absolute Gasteiger partial charge is 0.387 e. The number of hydrogen-bond acceptors (Lipinski definition) is 3. The second-order valence-electron chi connectivity index (χ2n) is 5.55. The molecule has 4 nitrogen and oxygen atoms in total. The van der Waals surface area contributed by atoms with E-state index < -0.39 is 17.7 Å². The smallest absolute Gasteiger partial charge is 0.131 e. The summed E-state index contributed by atoms with van der Waals surface area (Å²) in [5.41, 5.74) is 1.17. The fourth-order valence-electron chi connectivity index (χ4n) is 2.47. The molecule has 0 fully saturated rings. The molecule has 2 aromatic carbocycles. The van der Waals surface area contributed by atoms with Crippen LogP contribution in [0.25, 0.3) is 5.69 Å². The van der Waals surface area contributed by atoms with E-state index in [1.807, 2.05) is 0 Å². The highest BCUT2D eigenvalue weighted by Gasteiger charge is 2.17. The molecule has 0 amide bonds. The number of halogens is 3. The molecule has 0 spiro atoms. The molecule has 0 saturated carbocycles. The van der Waals surface area contributed by atoms with E-state index in [-0.39, 0.29) is 17.9 Å². The fourth-order valence-corrected chi connectivity index (χ4v) is 2.47. The second kappa shape index (κ2) is 7.50. The summed E-state index contributed by atoms with van der Waals surface area (Å²) in [6, 6.07) is 9.35.